The van der Waals surface area contributed by atoms with Crippen molar-refractivity contribution in [3.05, 3.63) is 63.9 Å². The van der Waals surface area contributed by atoms with E-state index in [4.69, 9.17) is 10.00 Å². The van der Waals surface area contributed by atoms with Crippen molar-refractivity contribution in [2.24, 2.45) is 0 Å². The second kappa shape index (κ2) is 8.08. The van der Waals surface area contributed by atoms with E-state index < -0.39 is 24.2 Å². The summed E-state index contributed by atoms with van der Waals surface area (Å²) in [7, 11) is 0. The maximum atomic E-state index is 13.6. The number of hydrazine groups is 1. The van der Waals surface area contributed by atoms with Crippen LogP contribution in [0, 0.1) is 17.1 Å². The number of para-hydroxylation sites is 1. The number of amides is 2. The number of nitriles is 1. The lowest BCUT2D eigenvalue weighted by Gasteiger charge is -2.10. The van der Waals surface area contributed by atoms with E-state index in [1.54, 1.807) is 24.3 Å². The van der Waals surface area contributed by atoms with Crippen molar-refractivity contribution in [3.63, 3.8) is 0 Å². The molecule has 2 aromatic rings. The Labute approximate surface area is 145 Å². The number of nitrogens with one attached hydrogen (secondary N) is 2. The van der Waals surface area contributed by atoms with E-state index in [9.17, 15) is 14.0 Å². The summed E-state index contributed by atoms with van der Waals surface area (Å²) in [4.78, 5) is 23.4. The number of carbonyl (C=O) groups is 2. The van der Waals surface area contributed by atoms with Crippen LogP contribution in [0.3, 0.4) is 0 Å². The van der Waals surface area contributed by atoms with E-state index in [0.29, 0.717) is 4.47 Å². The largest absolute Gasteiger partial charge is 0.482 e. The Bertz CT molecular complexity index is 820. The molecule has 0 aliphatic carbocycles. The second-order valence-corrected chi connectivity index (χ2v) is 5.44. The first-order chi connectivity index (χ1) is 11.5. The van der Waals surface area contributed by atoms with Crippen LogP contribution in [-0.4, -0.2) is 18.4 Å². The molecule has 0 radical (unpaired) electrons. The molecule has 0 bridgehead atoms. The summed E-state index contributed by atoms with van der Waals surface area (Å²) >= 11 is 3.08. The predicted molar refractivity (Wildman–Crippen MR) is 86.4 cm³/mol. The van der Waals surface area contributed by atoms with Crippen LogP contribution in [0.1, 0.15) is 15.9 Å². The molecule has 0 fully saturated rings. The highest BCUT2D eigenvalue weighted by Gasteiger charge is 2.13. The first kappa shape index (κ1) is 17.4. The molecular formula is C16H11BrFN3O3. The van der Waals surface area contributed by atoms with Crippen LogP contribution in [0.4, 0.5) is 4.39 Å². The molecule has 0 saturated heterocycles. The number of halogens is 2. The van der Waals surface area contributed by atoms with Gasteiger partial charge in [0.25, 0.3) is 11.8 Å². The SMILES string of the molecule is N#Cc1ccccc1OCC(=O)NNC(=O)c1ccc(Br)cc1F. The molecule has 24 heavy (non-hydrogen) atoms. The van der Waals surface area contributed by atoms with Crippen molar-refractivity contribution in [1.82, 2.24) is 10.9 Å². The van der Waals surface area contributed by atoms with E-state index >= 15 is 0 Å². The maximum absolute atomic E-state index is 13.6. The fourth-order valence-corrected chi connectivity index (χ4v) is 2.06. The molecule has 0 saturated carbocycles. The van der Waals surface area contributed by atoms with Crippen LogP contribution in [-0.2, 0) is 4.79 Å². The first-order valence-corrected chi connectivity index (χ1v) is 7.46. The van der Waals surface area contributed by atoms with Crippen LogP contribution in [0.2, 0.25) is 0 Å². The Hall–Kier alpha value is -2.92. The van der Waals surface area contributed by atoms with Gasteiger partial charge in [-0.1, -0.05) is 28.1 Å². The summed E-state index contributed by atoms with van der Waals surface area (Å²) in [5.41, 5.74) is 4.26. The lowest BCUT2D eigenvalue weighted by atomic mass is 10.2. The van der Waals surface area contributed by atoms with Crippen molar-refractivity contribution in [3.8, 4) is 11.8 Å². The number of rotatable bonds is 4. The van der Waals surface area contributed by atoms with Crippen LogP contribution in [0.25, 0.3) is 0 Å². The summed E-state index contributed by atoms with van der Waals surface area (Å²) in [6.45, 7) is -0.415. The van der Waals surface area contributed by atoms with Crippen LogP contribution >= 0.6 is 15.9 Å². The Balaban J connectivity index is 1.87. The standard InChI is InChI=1S/C16H11BrFN3O3/c17-11-5-6-12(13(18)7-11)16(23)21-20-15(22)9-24-14-4-2-1-3-10(14)8-19/h1-7H,9H2,(H,20,22)(H,21,23). The van der Waals surface area contributed by atoms with Gasteiger partial charge in [0.05, 0.1) is 11.1 Å². The zero-order chi connectivity index (χ0) is 17.5. The number of carbonyl (C=O) groups excluding carboxylic acids is 2. The number of nitrogens with zero attached hydrogens (tertiary/aromatic N) is 1. The van der Waals surface area contributed by atoms with Crippen LogP contribution < -0.4 is 15.6 Å². The van der Waals surface area contributed by atoms with Gasteiger partial charge in [-0.25, -0.2) is 4.39 Å². The quantitative estimate of drug-likeness (QED) is 0.782. The molecule has 0 unspecified atom stereocenters. The van der Waals surface area contributed by atoms with E-state index in [-0.39, 0.29) is 16.9 Å². The second-order valence-electron chi connectivity index (χ2n) is 4.52. The van der Waals surface area contributed by atoms with Gasteiger partial charge in [-0.3, -0.25) is 20.4 Å². The van der Waals surface area contributed by atoms with Crippen molar-refractivity contribution in [2.75, 3.05) is 6.61 Å². The highest BCUT2D eigenvalue weighted by atomic mass is 79.9. The fourth-order valence-electron chi connectivity index (χ4n) is 1.73. The normalized spacial score (nSPS) is 9.71. The van der Waals surface area contributed by atoms with Crippen molar-refractivity contribution >= 4 is 27.7 Å². The Morgan fingerprint density at radius 3 is 2.67 bits per heavy atom. The number of benzene rings is 2. The highest BCUT2D eigenvalue weighted by Crippen LogP contribution is 2.16. The van der Waals surface area contributed by atoms with Gasteiger partial charge < -0.3 is 4.74 Å². The third kappa shape index (κ3) is 4.54. The van der Waals surface area contributed by atoms with Gasteiger partial charge in [-0.15, -0.1) is 0 Å². The highest BCUT2D eigenvalue weighted by molar-refractivity contribution is 9.10. The van der Waals surface area contributed by atoms with Gasteiger partial charge in [0.2, 0.25) is 0 Å². The Kier molecular flexibility index (Phi) is 5.87. The minimum atomic E-state index is -0.800. The van der Waals surface area contributed by atoms with Gasteiger partial charge in [0.1, 0.15) is 17.6 Å². The Morgan fingerprint density at radius 2 is 1.96 bits per heavy atom. The van der Waals surface area contributed by atoms with Crippen LogP contribution in [0.5, 0.6) is 5.75 Å². The molecular weight excluding hydrogens is 381 g/mol. The summed E-state index contributed by atoms with van der Waals surface area (Å²) in [6.07, 6.45) is 0. The van der Waals surface area contributed by atoms with E-state index in [0.717, 1.165) is 6.07 Å². The fraction of sp³-hybridized carbons (Fsp3) is 0.0625. The lowest BCUT2D eigenvalue weighted by Crippen LogP contribution is -2.44. The molecule has 0 aromatic heterocycles. The maximum Gasteiger partial charge on any atom is 0.276 e. The average molecular weight is 392 g/mol. The lowest BCUT2D eigenvalue weighted by molar-refractivity contribution is -0.123. The van der Waals surface area contributed by atoms with Crippen molar-refractivity contribution in [2.45, 2.75) is 0 Å². The zero-order valence-electron chi connectivity index (χ0n) is 12.2. The third-order valence-corrected chi connectivity index (χ3v) is 3.35. The third-order valence-electron chi connectivity index (χ3n) is 2.86. The topological polar surface area (TPSA) is 91.2 Å². The smallest absolute Gasteiger partial charge is 0.276 e. The van der Waals surface area contributed by atoms with E-state index in [2.05, 4.69) is 26.8 Å². The summed E-state index contributed by atoms with van der Waals surface area (Å²) in [5, 5.41) is 8.90. The molecule has 2 amide bonds. The molecule has 0 aliphatic heterocycles. The number of ether oxygens (including phenoxy) is 1. The van der Waals surface area contributed by atoms with E-state index in [1.165, 1.54) is 12.1 Å². The van der Waals surface area contributed by atoms with E-state index in [1.807, 2.05) is 6.07 Å². The number of hydrogen-bond donors (Lipinski definition) is 2. The molecule has 2 N–H and O–H groups in total. The molecule has 0 atom stereocenters. The van der Waals surface area contributed by atoms with Gasteiger partial charge in [-0.05, 0) is 30.3 Å². The van der Waals surface area contributed by atoms with Gasteiger partial charge in [0.15, 0.2) is 6.61 Å². The molecule has 122 valence electrons. The summed E-state index contributed by atoms with van der Waals surface area (Å²) < 4.78 is 19.3. The number of hydrogen-bond acceptors (Lipinski definition) is 4. The monoisotopic (exact) mass is 391 g/mol. The molecule has 8 heteroatoms. The minimum Gasteiger partial charge on any atom is -0.482 e. The molecule has 6 nitrogen and oxygen atoms in total. The zero-order valence-corrected chi connectivity index (χ0v) is 13.8. The summed E-state index contributed by atoms with van der Waals surface area (Å²) in [6, 6.07) is 12.3. The Morgan fingerprint density at radius 1 is 1.21 bits per heavy atom. The summed E-state index contributed by atoms with van der Waals surface area (Å²) in [5.74, 6) is -1.94. The molecule has 0 spiro atoms. The van der Waals surface area contributed by atoms with Gasteiger partial charge in [-0.2, -0.15) is 5.26 Å². The van der Waals surface area contributed by atoms with Crippen LogP contribution in [0.15, 0.2) is 46.9 Å². The average Bonchev–Trinajstić information content (AvgIpc) is 2.58. The minimum absolute atomic E-state index is 0.214. The molecule has 2 aromatic carbocycles. The molecule has 0 heterocycles. The molecule has 0 aliphatic rings. The van der Waals surface area contributed by atoms with Gasteiger partial charge in [0, 0.05) is 4.47 Å². The predicted octanol–water partition coefficient (Wildman–Crippen LogP) is 2.30. The van der Waals surface area contributed by atoms with Crippen molar-refractivity contribution in [1.29, 1.82) is 5.26 Å². The van der Waals surface area contributed by atoms with Crippen molar-refractivity contribution < 1.29 is 18.7 Å². The molecule has 2 rings (SSSR count). The first-order valence-electron chi connectivity index (χ1n) is 6.67. The van der Waals surface area contributed by atoms with Gasteiger partial charge >= 0.3 is 0 Å².